The zero-order valence-corrected chi connectivity index (χ0v) is 15.9. The van der Waals surface area contributed by atoms with E-state index in [0.29, 0.717) is 13.0 Å². The van der Waals surface area contributed by atoms with Crippen LogP contribution in [-0.2, 0) is 4.79 Å². The van der Waals surface area contributed by atoms with Crippen molar-refractivity contribution < 1.29 is 14.4 Å². The Morgan fingerprint density at radius 1 is 1.08 bits per heavy atom. The van der Waals surface area contributed by atoms with Gasteiger partial charge in [0.2, 0.25) is 0 Å². The van der Waals surface area contributed by atoms with Crippen molar-refractivity contribution in [1.29, 1.82) is 0 Å². The second kappa shape index (κ2) is 8.39. The van der Waals surface area contributed by atoms with Crippen LogP contribution in [-0.4, -0.2) is 22.6 Å². The van der Waals surface area contributed by atoms with Gasteiger partial charge in [-0.15, -0.1) is 0 Å². The lowest BCUT2D eigenvalue weighted by Crippen LogP contribution is -2.18. The number of alkyl halides is 1. The summed E-state index contributed by atoms with van der Waals surface area (Å²) in [5.74, 6) is 0.562. The quantitative estimate of drug-likeness (QED) is 0.387. The van der Waals surface area contributed by atoms with Crippen LogP contribution in [0.1, 0.15) is 32.6 Å². The van der Waals surface area contributed by atoms with Gasteiger partial charge in [0, 0.05) is 28.6 Å². The highest BCUT2D eigenvalue weighted by Gasteiger charge is 2.14. The number of fused-ring (bicyclic) bond motifs is 3. The van der Waals surface area contributed by atoms with E-state index in [-0.39, 0.29) is 5.97 Å². The third kappa shape index (κ3) is 3.98. The molecule has 0 aliphatic carbocycles. The van der Waals surface area contributed by atoms with E-state index in [1.54, 1.807) is 4.73 Å². The van der Waals surface area contributed by atoms with Crippen molar-refractivity contribution in [2.45, 2.75) is 32.6 Å². The molecule has 0 fully saturated rings. The largest absolute Gasteiger partial charge is 0.494 e. The minimum Gasteiger partial charge on any atom is -0.494 e. The molecule has 0 saturated heterocycles. The van der Waals surface area contributed by atoms with Gasteiger partial charge in [-0.2, -0.15) is 4.73 Å². The van der Waals surface area contributed by atoms with Gasteiger partial charge in [0.25, 0.3) is 0 Å². The van der Waals surface area contributed by atoms with Gasteiger partial charge in [0.05, 0.1) is 17.6 Å². The maximum Gasteiger partial charge on any atom is 0.332 e. The average Bonchev–Trinajstić information content (AvgIpc) is 2.93. The predicted octanol–water partition coefficient (Wildman–Crippen LogP) is 5.10. The lowest BCUT2D eigenvalue weighted by molar-refractivity contribution is -0.143. The first kappa shape index (κ1) is 17.8. The van der Waals surface area contributed by atoms with Gasteiger partial charge in [0.15, 0.2) is 0 Å². The van der Waals surface area contributed by atoms with E-state index in [0.717, 1.165) is 52.1 Å². The molecule has 0 bridgehead atoms. The fraction of sp³-hybridized carbons (Fsp3) is 0.350. The molecule has 0 aliphatic heterocycles. The molecule has 1 heterocycles. The van der Waals surface area contributed by atoms with E-state index in [1.807, 2.05) is 49.4 Å². The Hall–Kier alpha value is -2.01. The highest BCUT2D eigenvalue weighted by Crippen LogP contribution is 2.31. The third-order valence-electron chi connectivity index (χ3n) is 4.04. The number of nitrogens with zero attached hydrogens (tertiary/aromatic N) is 1. The van der Waals surface area contributed by atoms with Gasteiger partial charge in [-0.3, -0.25) is 0 Å². The number of para-hydroxylation sites is 1. The number of halogens is 1. The number of aromatic nitrogens is 1. The molecule has 4 nitrogen and oxygen atoms in total. The molecule has 0 radical (unpaired) electrons. The van der Waals surface area contributed by atoms with Crippen molar-refractivity contribution in [3.8, 4) is 5.75 Å². The number of hydrogen-bond donors (Lipinski definition) is 0. The van der Waals surface area contributed by atoms with Gasteiger partial charge in [-0.25, -0.2) is 4.79 Å². The van der Waals surface area contributed by atoms with Crippen LogP contribution in [0, 0.1) is 0 Å². The van der Waals surface area contributed by atoms with Crippen LogP contribution in [0.15, 0.2) is 42.5 Å². The van der Waals surface area contributed by atoms with Crippen LogP contribution < -0.4 is 9.57 Å². The number of ether oxygens (including phenoxy) is 1. The first-order chi connectivity index (χ1) is 12.2. The van der Waals surface area contributed by atoms with Crippen molar-refractivity contribution in [3.63, 3.8) is 0 Å². The fourth-order valence-electron chi connectivity index (χ4n) is 2.84. The summed E-state index contributed by atoms with van der Waals surface area (Å²) >= 11 is 3.43. The molecule has 0 N–H and O–H groups in total. The molecule has 1 aromatic heterocycles. The number of unbranched alkanes of at least 4 members (excludes halogenated alkanes) is 1. The SMILES string of the molecule is CCCC(=O)On1c2ccccc2c2ccc(OCCCCBr)cc21. The van der Waals surface area contributed by atoms with Crippen molar-refractivity contribution in [2.75, 3.05) is 11.9 Å². The summed E-state index contributed by atoms with van der Waals surface area (Å²) < 4.78 is 7.48. The molecule has 0 amide bonds. The standard InChI is InChI=1S/C20H22BrNO3/c1-2-7-20(23)25-22-18-9-4-3-8-16(18)17-11-10-15(14-19(17)22)24-13-6-5-12-21/h3-4,8-11,14H,2,5-7,12-13H2,1H3. The van der Waals surface area contributed by atoms with E-state index in [9.17, 15) is 4.79 Å². The molecule has 25 heavy (non-hydrogen) atoms. The van der Waals surface area contributed by atoms with E-state index in [2.05, 4.69) is 15.9 Å². The normalized spacial score (nSPS) is 11.1. The first-order valence-corrected chi connectivity index (χ1v) is 9.80. The summed E-state index contributed by atoms with van der Waals surface area (Å²) in [6.45, 7) is 2.64. The van der Waals surface area contributed by atoms with Crippen molar-refractivity contribution in [2.24, 2.45) is 0 Å². The number of hydrogen-bond acceptors (Lipinski definition) is 3. The number of benzene rings is 2. The van der Waals surface area contributed by atoms with Gasteiger partial charge in [0.1, 0.15) is 5.75 Å². The molecule has 132 valence electrons. The minimum atomic E-state index is -0.228. The van der Waals surface area contributed by atoms with Crippen LogP contribution in [0.4, 0.5) is 0 Å². The summed E-state index contributed by atoms with van der Waals surface area (Å²) in [6, 6.07) is 13.9. The Bertz CT molecular complexity index is 872. The highest BCUT2D eigenvalue weighted by atomic mass is 79.9. The smallest absolute Gasteiger partial charge is 0.332 e. The number of rotatable bonds is 8. The van der Waals surface area contributed by atoms with E-state index >= 15 is 0 Å². The van der Waals surface area contributed by atoms with E-state index < -0.39 is 0 Å². The molecule has 0 saturated carbocycles. The molecule has 3 rings (SSSR count). The fourth-order valence-corrected chi connectivity index (χ4v) is 3.24. The lowest BCUT2D eigenvalue weighted by Gasteiger charge is -2.09. The van der Waals surface area contributed by atoms with Gasteiger partial charge in [-0.1, -0.05) is 41.1 Å². The zero-order valence-electron chi connectivity index (χ0n) is 14.3. The Morgan fingerprint density at radius 3 is 2.68 bits per heavy atom. The zero-order chi connectivity index (χ0) is 17.6. The van der Waals surface area contributed by atoms with Crippen LogP contribution in [0.2, 0.25) is 0 Å². The lowest BCUT2D eigenvalue weighted by atomic mass is 10.1. The summed E-state index contributed by atoms with van der Waals surface area (Å²) in [4.78, 5) is 17.7. The van der Waals surface area contributed by atoms with Gasteiger partial charge >= 0.3 is 5.97 Å². The average molecular weight is 404 g/mol. The van der Waals surface area contributed by atoms with Crippen molar-refractivity contribution in [1.82, 2.24) is 4.73 Å². The van der Waals surface area contributed by atoms with E-state index in [1.165, 1.54) is 0 Å². The maximum atomic E-state index is 12.0. The first-order valence-electron chi connectivity index (χ1n) is 8.67. The summed E-state index contributed by atoms with van der Waals surface area (Å²) in [5.41, 5.74) is 1.74. The molecular formula is C20H22BrNO3. The van der Waals surface area contributed by atoms with Gasteiger partial charge in [-0.05, 0) is 37.5 Å². The monoisotopic (exact) mass is 403 g/mol. The van der Waals surface area contributed by atoms with Crippen molar-refractivity contribution >= 4 is 43.7 Å². The third-order valence-corrected chi connectivity index (χ3v) is 4.61. The number of carbonyl (C=O) groups is 1. The van der Waals surface area contributed by atoms with Gasteiger partial charge < -0.3 is 9.57 Å². The topological polar surface area (TPSA) is 40.5 Å². The number of carbonyl (C=O) groups excluding carboxylic acids is 1. The minimum absolute atomic E-state index is 0.228. The Labute approximate surface area is 155 Å². The molecule has 3 aromatic rings. The molecule has 0 spiro atoms. The second-order valence-corrected chi connectivity index (χ2v) is 6.74. The Morgan fingerprint density at radius 2 is 1.88 bits per heavy atom. The Kier molecular flexibility index (Phi) is 5.97. The van der Waals surface area contributed by atoms with E-state index in [4.69, 9.17) is 9.57 Å². The molecule has 5 heteroatoms. The Balaban J connectivity index is 1.98. The summed E-state index contributed by atoms with van der Waals surface area (Å²) in [5, 5.41) is 3.09. The van der Waals surface area contributed by atoms with Crippen LogP contribution in [0.25, 0.3) is 21.8 Å². The molecular weight excluding hydrogens is 382 g/mol. The molecule has 0 atom stereocenters. The van der Waals surface area contributed by atoms with Crippen LogP contribution in [0.3, 0.4) is 0 Å². The van der Waals surface area contributed by atoms with Crippen LogP contribution >= 0.6 is 15.9 Å². The second-order valence-electron chi connectivity index (χ2n) is 5.95. The molecule has 0 aliphatic rings. The highest BCUT2D eigenvalue weighted by molar-refractivity contribution is 9.09. The van der Waals surface area contributed by atoms with Crippen molar-refractivity contribution in [3.05, 3.63) is 42.5 Å². The molecule has 0 unspecified atom stereocenters. The van der Waals surface area contributed by atoms with Crippen LogP contribution in [0.5, 0.6) is 5.75 Å². The predicted molar refractivity (Wildman–Crippen MR) is 104 cm³/mol. The molecule has 2 aromatic carbocycles. The summed E-state index contributed by atoms with van der Waals surface area (Å²) in [6.07, 6.45) is 3.24. The summed E-state index contributed by atoms with van der Waals surface area (Å²) in [7, 11) is 0. The maximum absolute atomic E-state index is 12.0.